The van der Waals surface area contributed by atoms with E-state index in [1.807, 2.05) is 20.8 Å². The van der Waals surface area contributed by atoms with E-state index in [1.54, 1.807) is 18.2 Å². The van der Waals surface area contributed by atoms with Gasteiger partial charge in [-0.1, -0.05) is 13.8 Å². The number of hydrogen-bond donors (Lipinski definition) is 3. The van der Waals surface area contributed by atoms with Crippen molar-refractivity contribution >= 4 is 11.6 Å². The first kappa shape index (κ1) is 13.5. The molecule has 0 bridgehead atoms. The topological polar surface area (TPSA) is 75.4 Å². The minimum Gasteiger partial charge on any atom is -0.399 e. The zero-order valence-corrected chi connectivity index (χ0v) is 10.5. The van der Waals surface area contributed by atoms with Gasteiger partial charge in [-0.05, 0) is 36.6 Å². The zero-order chi connectivity index (χ0) is 13.0. The number of aliphatic hydroxyl groups excluding tert-OH is 1. The second kappa shape index (κ2) is 5.68. The van der Waals surface area contributed by atoms with Crippen LogP contribution < -0.4 is 11.1 Å². The van der Waals surface area contributed by atoms with Crippen LogP contribution in [0.2, 0.25) is 0 Å². The Morgan fingerprint density at radius 2 is 2.12 bits per heavy atom. The number of benzene rings is 1. The van der Waals surface area contributed by atoms with E-state index in [0.717, 1.165) is 5.56 Å². The van der Waals surface area contributed by atoms with Crippen molar-refractivity contribution in [1.82, 2.24) is 5.32 Å². The van der Waals surface area contributed by atoms with Gasteiger partial charge in [-0.15, -0.1) is 0 Å². The second-order valence-corrected chi connectivity index (χ2v) is 4.60. The summed E-state index contributed by atoms with van der Waals surface area (Å²) in [5, 5.41) is 12.3. The summed E-state index contributed by atoms with van der Waals surface area (Å²) in [7, 11) is 0. The first-order valence-corrected chi connectivity index (χ1v) is 5.74. The summed E-state index contributed by atoms with van der Waals surface area (Å²) in [5.74, 6) is -0.0509. The van der Waals surface area contributed by atoms with E-state index in [1.165, 1.54) is 0 Å². The number of nitrogen functional groups attached to an aromatic ring is 1. The highest BCUT2D eigenvalue weighted by Gasteiger charge is 2.13. The molecule has 1 aromatic rings. The van der Waals surface area contributed by atoms with Gasteiger partial charge < -0.3 is 16.2 Å². The summed E-state index contributed by atoms with van der Waals surface area (Å²) >= 11 is 0. The van der Waals surface area contributed by atoms with Gasteiger partial charge in [0.05, 0.1) is 6.10 Å². The average molecular weight is 236 g/mol. The number of carbonyl (C=O) groups is 1. The molecule has 0 saturated heterocycles. The van der Waals surface area contributed by atoms with E-state index in [2.05, 4.69) is 5.32 Å². The van der Waals surface area contributed by atoms with Gasteiger partial charge in [0.25, 0.3) is 5.91 Å². The lowest BCUT2D eigenvalue weighted by atomic mass is 10.1. The van der Waals surface area contributed by atoms with Crippen LogP contribution in [-0.4, -0.2) is 23.7 Å². The average Bonchev–Trinajstić information content (AvgIpc) is 2.25. The Morgan fingerprint density at radius 3 is 2.65 bits per heavy atom. The predicted octanol–water partition coefficient (Wildman–Crippen LogP) is 1.32. The van der Waals surface area contributed by atoms with Crippen LogP contribution in [0.3, 0.4) is 0 Å². The van der Waals surface area contributed by atoms with Crippen LogP contribution >= 0.6 is 0 Å². The Hall–Kier alpha value is -1.55. The number of amides is 1. The molecule has 4 nitrogen and oxygen atoms in total. The van der Waals surface area contributed by atoms with Crippen LogP contribution in [-0.2, 0) is 0 Å². The van der Waals surface area contributed by atoms with Gasteiger partial charge in [-0.2, -0.15) is 0 Å². The Labute approximate surface area is 102 Å². The molecule has 0 fully saturated rings. The monoisotopic (exact) mass is 236 g/mol. The fraction of sp³-hybridized carbons (Fsp3) is 0.462. The van der Waals surface area contributed by atoms with E-state index in [4.69, 9.17) is 5.73 Å². The number of anilines is 1. The summed E-state index contributed by atoms with van der Waals surface area (Å²) < 4.78 is 0. The SMILES string of the molecule is Cc1cc(N)ccc1C(=O)NCC(O)C(C)C. The van der Waals surface area contributed by atoms with Crippen LogP contribution in [0.25, 0.3) is 0 Å². The standard InChI is InChI=1S/C13H20N2O2/c1-8(2)12(16)7-15-13(17)11-5-4-10(14)6-9(11)3/h4-6,8,12,16H,7,14H2,1-3H3,(H,15,17). The van der Waals surface area contributed by atoms with Crippen molar-refractivity contribution in [2.75, 3.05) is 12.3 Å². The summed E-state index contributed by atoms with van der Waals surface area (Å²) in [6.45, 7) is 5.92. The Balaban J connectivity index is 2.64. The van der Waals surface area contributed by atoms with Crippen LogP contribution in [0.1, 0.15) is 29.8 Å². The highest BCUT2D eigenvalue weighted by Crippen LogP contribution is 2.12. The largest absolute Gasteiger partial charge is 0.399 e. The third-order valence-corrected chi connectivity index (χ3v) is 2.74. The molecule has 0 aromatic heterocycles. The maximum absolute atomic E-state index is 11.8. The smallest absolute Gasteiger partial charge is 0.251 e. The number of hydrogen-bond acceptors (Lipinski definition) is 3. The van der Waals surface area contributed by atoms with E-state index < -0.39 is 6.10 Å². The number of aliphatic hydroxyl groups is 1. The lowest BCUT2D eigenvalue weighted by Gasteiger charge is -2.15. The molecule has 0 aliphatic heterocycles. The molecule has 17 heavy (non-hydrogen) atoms. The number of nitrogens with two attached hydrogens (primary N) is 1. The van der Waals surface area contributed by atoms with Gasteiger partial charge in [0.1, 0.15) is 0 Å². The molecule has 0 spiro atoms. The normalized spacial score (nSPS) is 12.5. The molecule has 0 heterocycles. The number of rotatable bonds is 4. The van der Waals surface area contributed by atoms with Crippen LogP contribution in [0, 0.1) is 12.8 Å². The van der Waals surface area contributed by atoms with Gasteiger partial charge in [0, 0.05) is 17.8 Å². The van der Waals surface area contributed by atoms with E-state index in [-0.39, 0.29) is 18.4 Å². The number of nitrogens with one attached hydrogen (secondary N) is 1. The number of carbonyl (C=O) groups excluding carboxylic acids is 1. The molecule has 1 atom stereocenters. The molecule has 0 aliphatic rings. The van der Waals surface area contributed by atoms with Gasteiger partial charge in [-0.25, -0.2) is 0 Å². The Morgan fingerprint density at radius 1 is 1.47 bits per heavy atom. The van der Waals surface area contributed by atoms with Crippen molar-refractivity contribution in [3.05, 3.63) is 29.3 Å². The maximum Gasteiger partial charge on any atom is 0.251 e. The van der Waals surface area contributed by atoms with Crippen LogP contribution in [0.15, 0.2) is 18.2 Å². The highest BCUT2D eigenvalue weighted by molar-refractivity contribution is 5.96. The summed E-state index contributed by atoms with van der Waals surface area (Å²) in [6, 6.07) is 5.15. The third kappa shape index (κ3) is 3.75. The van der Waals surface area contributed by atoms with Crippen molar-refractivity contribution in [2.45, 2.75) is 26.9 Å². The lowest BCUT2D eigenvalue weighted by molar-refractivity contribution is 0.0871. The van der Waals surface area contributed by atoms with Gasteiger partial charge in [0.2, 0.25) is 0 Å². The van der Waals surface area contributed by atoms with Gasteiger partial charge >= 0.3 is 0 Å². The molecule has 1 aromatic carbocycles. The molecule has 4 heteroatoms. The first-order chi connectivity index (χ1) is 7.91. The Kier molecular flexibility index (Phi) is 4.52. The molecule has 0 radical (unpaired) electrons. The van der Waals surface area contributed by atoms with Crippen molar-refractivity contribution in [3.8, 4) is 0 Å². The molecule has 1 amide bonds. The van der Waals surface area contributed by atoms with Crippen LogP contribution in [0.4, 0.5) is 5.69 Å². The fourth-order valence-electron chi connectivity index (χ4n) is 1.47. The van der Waals surface area contributed by atoms with E-state index in [9.17, 15) is 9.90 Å². The quantitative estimate of drug-likeness (QED) is 0.690. The highest BCUT2D eigenvalue weighted by atomic mass is 16.3. The molecule has 0 saturated carbocycles. The minimum atomic E-state index is -0.520. The van der Waals surface area contributed by atoms with E-state index >= 15 is 0 Å². The predicted molar refractivity (Wildman–Crippen MR) is 68.8 cm³/mol. The van der Waals surface area contributed by atoms with Gasteiger partial charge in [0.15, 0.2) is 0 Å². The first-order valence-electron chi connectivity index (χ1n) is 5.74. The van der Waals surface area contributed by atoms with E-state index in [0.29, 0.717) is 11.3 Å². The second-order valence-electron chi connectivity index (χ2n) is 4.60. The van der Waals surface area contributed by atoms with Crippen molar-refractivity contribution in [2.24, 2.45) is 5.92 Å². The zero-order valence-electron chi connectivity index (χ0n) is 10.5. The fourth-order valence-corrected chi connectivity index (χ4v) is 1.47. The summed E-state index contributed by atoms with van der Waals surface area (Å²) in [4.78, 5) is 11.8. The van der Waals surface area contributed by atoms with Crippen molar-refractivity contribution < 1.29 is 9.90 Å². The maximum atomic E-state index is 11.8. The van der Waals surface area contributed by atoms with Crippen LogP contribution in [0.5, 0.6) is 0 Å². The van der Waals surface area contributed by atoms with Crippen molar-refractivity contribution in [3.63, 3.8) is 0 Å². The van der Waals surface area contributed by atoms with Crippen molar-refractivity contribution in [1.29, 1.82) is 0 Å². The summed E-state index contributed by atoms with van der Waals surface area (Å²) in [5.41, 5.74) is 7.69. The molecular formula is C13H20N2O2. The Bertz CT molecular complexity index is 402. The number of aryl methyl sites for hydroxylation is 1. The summed E-state index contributed by atoms with van der Waals surface area (Å²) in [6.07, 6.45) is -0.520. The lowest BCUT2D eigenvalue weighted by Crippen LogP contribution is -2.35. The molecule has 1 rings (SSSR count). The third-order valence-electron chi connectivity index (χ3n) is 2.74. The molecule has 1 unspecified atom stereocenters. The molecular weight excluding hydrogens is 216 g/mol. The molecule has 94 valence electrons. The molecule has 4 N–H and O–H groups in total. The minimum absolute atomic E-state index is 0.128. The molecule has 0 aliphatic carbocycles. The van der Waals surface area contributed by atoms with Gasteiger partial charge in [-0.3, -0.25) is 4.79 Å².